The van der Waals surface area contributed by atoms with Gasteiger partial charge < -0.3 is 15.5 Å². The van der Waals surface area contributed by atoms with Gasteiger partial charge in [0.15, 0.2) is 0 Å². The number of thiocarbonyl (C=S) groups is 1. The molecule has 1 saturated heterocycles. The summed E-state index contributed by atoms with van der Waals surface area (Å²) in [5.41, 5.74) is 6.51. The maximum atomic E-state index is 12.4. The number of hydrogen-bond donors (Lipinski definition) is 1. The van der Waals surface area contributed by atoms with Crippen LogP contribution < -0.4 is 5.73 Å². The lowest BCUT2D eigenvalue weighted by molar-refractivity contribution is -0.128. The summed E-state index contributed by atoms with van der Waals surface area (Å²) < 4.78 is 0. The number of rotatable bonds is 2. The van der Waals surface area contributed by atoms with Crippen LogP contribution in [0.4, 0.5) is 0 Å². The van der Waals surface area contributed by atoms with E-state index in [4.69, 9.17) is 18.0 Å². The molecule has 0 bridgehead atoms. The van der Waals surface area contributed by atoms with E-state index in [9.17, 15) is 9.59 Å². The van der Waals surface area contributed by atoms with E-state index in [1.54, 1.807) is 28.9 Å². The van der Waals surface area contributed by atoms with E-state index in [-0.39, 0.29) is 16.8 Å². The van der Waals surface area contributed by atoms with E-state index in [1.165, 1.54) is 6.20 Å². The Balaban J connectivity index is 2.05. The minimum Gasteiger partial charge on any atom is -0.389 e. The Hall–Kier alpha value is -2.02. The molecule has 6 nitrogen and oxygen atoms in total. The summed E-state index contributed by atoms with van der Waals surface area (Å²) in [7, 11) is 0. The molecule has 0 aromatic carbocycles. The van der Waals surface area contributed by atoms with Crippen LogP contribution in [0.3, 0.4) is 0 Å². The summed E-state index contributed by atoms with van der Waals surface area (Å²) in [5.74, 6) is -0.0851. The van der Waals surface area contributed by atoms with E-state index >= 15 is 0 Å². The lowest BCUT2D eigenvalue weighted by Crippen LogP contribution is -2.36. The van der Waals surface area contributed by atoms with Gasteiger partial charge in [-0.05, 0) is 18.6 Å². The average Bonchev–Trinajstić information content (AvgIpc) is 2.72. The largest absolute Gasteiger partial charge is 0.389 e. The van der Waals surface area contributed by atoms with Gasteiger partial charge in [-0.2, -0.15) is 0 Å². The van der Waals surface area contributed by atoms with Crippen molar-refractivity contribution in [3.05, 3.63) is 29.6 Å². The summed E-state index contributed by atoms with van der Waals surface area (Å²) in [5, 5.41) is 0. The van der Waals surface area contributed by atoms with Gasteiger partial charge in [-0.15, -0.1) is 0 Å². The maximum absolute atomic E-state index is 12.4. The van der Waals surface area contributed by atoms with Gasteiger partial charge in [-0.1, -0.05) is 12.2 Å². The van der Waals surface area contributed by atoms with Gasteiger partial charge in [0.25, 0.3) is 5.91 Å². The fraction of sp³-hybridized carbons (Fsp3) is 0.429. The molecule has 0 radical (unpaired) electrons. The molecule has 0 aliphatic carbocycles. The number of amides is 2. The molecule has 7 heteroatoms. The standard InChI is InChI=1S/C14H18N4O2S/c1-10(19)17-5-2-6-18(8-7-17)14(20)12-4-3-11(9-16-12)13(15)21/h3-4,9H,2,5-8H2,1H3,(H2,15,21). The van der Waals surface area contributed by atoms with E-state index in [0.29, 0.717) is 37.4 Å². The molecule has 1 aromatic rings. The smallest absolute Gasteiger partial charge is 0.272 e. The van der Waals surface area contributed by atoms with Crippen molar-refractivity contribution in [1.82, 2.24) is 14.8 Å². The van der Waals surface area contributed by atoms with E-state index in [0.717, 1.165) is 6.42 Å². The van der Waals surface area contributed by atoms with Crippen LogP contribution in [0.2, 0.25) is 0 Å². The highest BCUT2D eigenvalue weighted by Crippen LogP contribution is 2.09. The summed E-state index contributed by atoms with van der Waals surface area (Å²) in [6, 6.07) is 3.33. The van der Waals surface area contributed by atoms with Gasteiger partial charge in [-0.3, -0.25) is 14.6 Å². The van der Waals surface area contributed by atoms with Gasteiger partial charge in [-0.25, -0.2) is 0 Å². The SMILES string of the molecule is CC(=O)N1CCCN(C(=O)c2ccc(C(N)=S)cn2)CC1. The maximum Gasteiger partial charge on any atom is 0.272 e. The molecule has 112 valence electrons. The zero-order valence-corrected chi connectivity index (χ0v) is 12.7. The number of nitrogens with zero attached hydrogens (tertiary/aromatic N) is 3. The van der Waals surface area contributed by atoms with Crippen molar-refractivity contribution in [2.45, 2.75) is 13.3 Å². The zero-order chi connectivity index (χ0) is 15.4. The minimum absolute atomic E-state index is 0.0447. The van der Waals surface area contributed by atoms with Crippen LogP contribution in [-0.4, -0.2) is 57.8 Å². The highest BCUT2D eigenvalue weighted by Gasteiger charge is 2.22. The van der Waals surface area contributed by atoms with Gasteiger partial charge in [0, 0.05) is 44.9 Å². The second kappa shape index (κ2) is 6.62. The Labute approximate surface area is 128 Å². The molecule has 0 unspecified atom stereocenters. The predicted molar refractivity (Wildman–Crippen MR) is 82.9 cm³/mol. The molecule has 0 spiro atoms. The van der Waals surface area contributed by atoms with Crippen LogP contribution in [0.15, 0.2) is 18.3 Å². The zero-order valence-electron chi connectivity index (χ0n) is 11.9. The number of carbonyl (C=O) groups excluding carboxylic acids is 2. The molecule has 1 fully saturated rings. The Morgan fingerprint density at radius 3 is 2.43 bits per heavy atom. The highest BCUT2D eigenvalue weighted by atomic mass is 32.1. The quantitative estimate of drug-likeness (QED) is 0.801. The first-order valence-electron chi connectivity index (χ1n) is 6.79. The van der Waals surface area contributed by atoms with E-state index in [1.807, 2.05) is 0 Å². The van der Waals surface area contributed by atoms with Crippen molar-refractivity contribution in [3.63, 3.8) is 0 Å². The van der Waals surface area contributed by atoms with Crippen molar-refractivity contribution in [1.29, 1.82) is 0 Å². The average molecular weight is 306 g/mol. The molecule has 1 aliphatic heterocycles. The first-order valence-corrected chi connectivity index (χ1v) is 7.20. The molecule has 2 heterocycles. The summed E-state index contributed by atoms with van der Waals surface area (Å²) in [4.78, 5) is 31.7. The van der Waals surface area contributed by atoms with Crippen molar-refractivity contribution in [3.8, 4) is 0 Å². The van der Waals surface area contributed by atoms with Crippen LogP contribution >= 0.6 is 12.2 Å². The van der Waals surface area contributed by atoms with Crippen LogP contribution in [0.25, 0.3) is 0 Å². The van der Waals surface area contributed by atoms with Crippen LogP contribution in [0.5, 0.6) is 0 Å². The third-order valence-corrected chi connectivity index (χ3v) is 3.73. The van der Waals surface area contributed by atoms with E-state index in [2.05, 4.69) is 4.98 Å². The monoisotopic (exact) mass is 306 g/mol. The predicted octanol–water partition coefficient (Wildman–Crippen LogP) is 0.410. The molecular formula is C14H18N4O2S. The van der Waals surface area contributed by atoms with Gasteiger partial charge >= 0.3 is 0 Å². The molecule has 0 saturated carbocycles. The van der Waals surface area contributed by atoms with Gasteiger partial charge in [0.1, 0.15) is 10.7 Å². The van der Waals surface area contributed by atoms with Crippen LogP contribution in [0.1, 0.15) is 29.4 Å². The van der Waals surface area contributed by atoms with Gasteiger partial charge in [0.2, 0.25) is 5.91 Å². The van der Waals surface area contributed by atoms with Crippen LogP contribution in [0, 0.1) is 0 Å². The molecule has 2 N–H and O–H groups in total. The molecule has 2 amide bonds. The summed E-state index contributed by atoms with van der Waals surface area (Å²) in [6.07, 6.45) is 2.28. The van der Waals surface area contributed by atoms with Crippen molar-refractivity contribution < 1.29 is 9.59 Å². The number of nitrogens with two attached hydrogens (primary N) is 1. The second-order valence-electron chi connectivity index (χ2n) is 4.95. The van der Waals surface area contributed by atoms with Crippen molar-refractivity contribution >= 4 is 29.0 Å². The second-order valence-corrected chi connectivity index (χ2v) is 5.39. The van der Waals surface area contributed by atoms with E-state index < -0.39 is 0 Å². The molecule has 21 heavy (non-hydrogen) atoms. The first-order chi connectivity index (χ1) is 9.99. The number of carbonyl (C=O) groups is 2. The number of hydrogen-bond acceptors (Lipinski definition) is 4. The molecule has 1 aliphatic rings. The fourth-order valence-corrected chi connectivity index (χ4v) is 2.38. The lowest BCUT2D eigenvalue weighted by atomic mass is 10.2. The third-order valence-electron chi connectivity index (χ3n) is 3.50. The fourth-order valence-electron chi connectivity index (χ4n) is 2.26. The topological polar surface area (TPSA) is 79.5 Å². The van der Waals surface area contributed by atoms with Crippen molar-refractivity contribution in [2.75, 3.05) is 26.2 Å². The number of aromatic nitrogens is 1. The first kappa shape index (κ1) is 15.4. The molecule has 2 rings (SSSR count). The Morgan fingerprint density at radius 2 is 1.86 bits per heavy atom. The van der Waals surface area contributed by atoms with Crippen LogP contribution in [-0.2, 0) is 4.79 Å². The molecule has 0 atom stereocenters. The lowest BCUT2D eigenvalue weighted by Gasteiger charge is -2.21. The van der Waals surface area contributed by atoms with Gasteiger partial charge in [0.05, 0.1) is 0 Å². The summed E-state index contributed by atoms with van der Waals surface area (Å²) in [6.45, 7) is 3.95. The Bertz CT molecular complexity index is 559. The third kappa shape index (κ3) is 3.75. The Kier molecular flexibility index (Phi) is 4.85. The normalized spacial score (nSPS) is 15.5. The Morgan fingerprint density at radius 1 is 1.19 bits per heavy atom. The summed E-state index contributed by atoms with van der Waals surface area (Å²) >= 11 is 4.86. The molecule has 1 aromatic heterocycles. The van der Waals surface area contributed by atoms with Crippen molar-refractivity contribution in [2.24, 2.45) is 5.73 Å². The number of pyridine rings is 1. The minimum atomic E-state index is -0.130. The molecular weight excluding hydrogens is 288 g/mol. The highest BCUT2D eigenvalue weighted by molar-refractivity contribution is 7.80.